The minimum Gasteiger partial charge on any atom is -0.271 e. The lowest BCUT2D eigenvalue weighted by Gasteiger charge is -2.15. The van der Waals surface area contributed by atoms with Crippen LogP contribution in [0, 0.1) is 17.2 Å². The molecule has 2 rings (SSSR count). The van der Waals surface area contributed by atoms with E-state index in [4.69, 9.17) is 5.26 Å². The van der Waals surface area contributed by atoms with Crippen LogP contribution in [0.25, 0.3) is 5.57 Å². The predicted octanol–water partition coefficient (Wildman–Crippen LogP) is 2.21. The molecule has 1 aliphatic heterocycles. The predicted molar refractivity (Wildman–Crippen MR) is 61.6 cm³/mol. The molecule has 1 aromatic rings. The lowest BCUT2D eigenvalue weighted by atomic mass is 9.90. The fraction of sp³-hybridized carbons (Fsp3) is 0.154. The highest BCUT2D eigenvalue weighted by Crippen LogP contribution is 2.27. The van der Waals surface area contributed by atoms with Gasteiger partial charge in [0.25, 0.3) is 5.91 Å². The molecule has 0 fully saturated rings. The van der Waals surface area contributed by atoms with Crippen molar-refractivity contribution in [1.29, 1.82) is 5.26 Å². The third-order valence-corrected chi connectivity index (χ3v) is 2.45. The van der Waals surface area contributed by atoms with E-state index in [0.29, 0.717) is 5.71 Å². The smallest absolute Gasteiger partial charge is 0.267 e. The van der Waals surface area contributed by atoms with Crippen molar-refractivity contribution in [1.82, 2.24) is 0 Å². The molecule has 3 nitrogen and oxygen atoms in total. The van der Waals surface area contributed by atoms with Gasteiger partial charge < -0.3 is 0 Å². The van der Waals surface area contributed by atoms with Crippen molar-refractivity contribution in [2.24, 2.45) is 10.9 Å². The van der Waals surface area contributed by atoms with Gasteiger partial charge in [-0.3, -0.25) is 4.79 Å². The van der Waals surface area contributed by atoms with Gasteiger partial charge in [0.05, 0.1) is 6.07 Å². The summed E-state index contributed by atoms with van der Waals surface area (Å²) in [5.74, 6) is -1.15. The van der Waals surface area contributed by atoms with Gasteiger partial charge in [-0.15, -0.1) is 0 Å². The Hall–Kier alpha value is -2.21. The maximum Gasteiger partial charge on any atom is 0.267 e. The zero-order chi connectivity index (χ0) is 11.5. The number of hydrogen-bond donors (Lipinski definition) is 0. The molecule has 0 spiro atoms. The molecular formula is C13H10N2O. The summed E-state index contributed by atoms with van der Waals surface area (Å²) in [6.07, 6.45) is 1.80. The van der Waals surface area contributed by atoms with Gasteiger partial charge in [0.2, 0.25) is 0 Å². The molecule has 0 saturated carbocycles. The summed E-state index contributed by atoms with van der Waals surface area (Å²) in [6, 6.07) is 11.4. The van der Waals surface area contributed by atoms with Gasteiger partial charge in [-0.25, -0.2) is 4.99 Å². The SMILES string of the molecule is CC1=NC(=O)C(C#N)C(c2ccccc2)=C1. The van der Waals surface area contributed by atoms with Gasteiger partial charge in [0.1, 0.15) is 0 Å². The van der Waals surface area contributed by atoms with E-state index in [1.165, 1.54) is 0 Å². The summed E-state index contributed by atoms with van der Waals surface area (Å²) in [5, 5.41) is 9.00. The summed E-state index contributed by atoms with van der Waals surface area (Å²) in [6.45, 7) is 1.76. The average molecular weight is 210 g/mol. The molecule has 0 aromatic heterocycles. The van der Waals surface area contributed by atoms with Crippen molar-refractivity contribution in [2.75, 3.05) is 0 Å². The first-order valence-corrected chi connectivity index (χ1v) is 4.98. The molecule has 0 N–H and O–H groups in total. The van der Waals surface area contributed by atoms with Crippen LogP contribution in [0.2, 0.25) is 0 Å². The molecule has 0 aliphatic carbocycles. The Balaban J connectivity index is 2.51. The quantitative estimate of drug-likeness (QED) is 0.713. The summed E-state index contributed by atoms with van der Waals surface area (Å²) in [4.78, 5) is 15.4. The van der Waals surface area contributed by atoms with Gasteiger partial charge in [0.15, 0.2) is 5.92 Å². The minimum atomic E-state index is -0.772. The van der Waals surface area contributed by atoms with Crippen LogP contribution in [0.4, 0.5) is 0 Å². The highest BCUT2D eigenvalue weighted by molar-refractivity contribution is 6.13. The van der Waals surface area contributed by atoms with Crippen LogP contribution >= 0.6 is 0 Å². The first kappa shape index (κ1) is 10.3. The summed E-state index contributed by atoms with van der Waals surface area (Å²) >= 11 is 0. The normalized spacial score (nSPS) is 19.8. The number of hydrogen-bond acceptors (Lipinski definition) is 2. The lowest BCUT2D eigenvalue weighted by molar-refractivity contribution is -0.118. The van der Waals surface area contributed by atoms with Crippen LogP contribution in [-0.2, 0) is 4.79 Å². The van der Waals surface area contributed by atoms with E-state index in [9.17, 15) is 4.79 Å². The van der Waals surface area contributed by atoms with Crippen molar-refractivity contribution in [3.63, 3.8) is 0 Å². The standard InChI is InChI=1S/C13H10N2O/c1-9-7-11(10-5-3-2-4-6-10)12(8-14)13(16)15-9/h2-7,12H,1H3. The highest BCUT2D eigenvalue weighted by atomic mass is 16.1. The molecule has 16 heavy (non-hydrogen) atoms. The number of carbonyl (C=O) groups excluding carboxylic acids is 1. The lowest BCUT2D eigenvalue weighted by Crippen LogP contribution is -2.18. The number of nitriles is 1. The number of aliphatic imine (C=N–C) groups is 1. The van der Waals surface area contributed by atoms with E-state index < -0.39 is 5.92 Å². The average Bonchev–Trinajstić information content (AvgIpc) is 2.29. The second-order valence-corrected chi connectivity index (χ2v) is 3.62. The summed E-state index contributed by atoms with van der Waals surface area (Å²) in [7, 11) is 0. The highest BCUT2D eigenvalue weighted by Gasteiger charge is 2.26. The Labute approximate surface area is 93.7 Å². The Morgan fingerprint density at radius 2 is 2.00 bits per heavy atom. The molecule has 1 atom stereocenters. The van der Waals surface area contributed by atoms with Crippen molar-refractivity contribution in [3.05, 3.63) is 42.0 Å². The maximum absolute atomic E-state index is 11.6. The maximum atomic E-state index is 11.6. The molecule has 1 heterocycles. The molecule has 0 radical (unpaired) electrons. The number of dihydropyridines is 1. The number of carbonyl (C=O) groups is 1. The summed E-state index contributed by atoms with van der Waals surface area (Å²) < 4.78 is 0. The molecule has 3 heteroatoms. The molecular weight excluding hydrogens is 200 g/mol. The fourth-order valence-electron chi connectivity index (χ4n) is 1.72. The molecule has 78 valence electrons. The number of allylic oxidation sites excluding steroid dienone is 1. The number of rotatable bonds is 1. The monoisotopic (exact) mass is 210 g/mol. The molecule has 1 aromatic carbocycles. The number of amides is 1. The molecule has 0 bridgehead atoms. The number of nitrogens with zero attached hydrogens (tertiary/aromatic N) is 2. The van der Waals surface area contributed by atoms with Crippen LogP contribution < -0.4 is 0 Å². The molecule has 1 unspecified atom stereocenters. The largest absolute Gasteiger partial charge is 0.271 e. The Bertz CT molecular complexity index is 521. The summed E-state index contributed by atoms with van der Waals surface area (Å²) in [5.41, 5.74) is 2.28. The van der Waals surface area contributed by atoms with E-state index in [1.54, 1.807) is 13.0 Å². The van der Waals surface area contributed by atoms with Gasteiger partial charge in [-0.1, -0.05) is 30.3 Å². The second-order valence-electron chi connectivity index (χ2n) is 3.62. The van der Waals surface area contributed by atoms with Gasteiger partial charge in [-0.2, -0.15) is 5.26 Å². The zero-order valence-corrected chi connectivity index (χ0v) is 8.84. The van der Waals surface area contributed by atoms with E-state index in [1.807, 2.05) is 36.4 Å². The van der Waals surface area contributed by atoms with E-state index >= 15 is 0 Å². The Kier molecular flexibility index (Phi) is 2.65. The first-order chi connectivity index (χ1) is 7.72. The zero-order valence-electron chi connectivity index (χ0n) is 8.84. The topological polar surface area (TPSA) is 53.2 Å². The first-order valence-electron chi connectivity index (χ1n) is 4.98. The molecule has 0 saturated heterocycles. The third-order valence-electron chi connectivity index (χ3n) is 2.45. The van der Waals surface area contributed by atoms with Crippen LogP contribution in [0.3, 0.4) is 0 Å². The Morgan fingerprint density at radius 1 is 1.31 bits per heavy atom. The van der Waals surface area contributed by atoms with Crippen LogP contribution in [0.1, 0.15) is 12.5 Å². The molecule has 1 aliphatic rings. The molecule has 1 amide bonds. The van der Waals surface area contributed by atoms with Crippen molar-refractivity contribution in [2.45, 2.75) is 6.92 Å². The van der Waals surface area contributed by atoms with Crippen molar-refractivity contribution < 1.29 is 4.79 Å². The third kappa shape index (κ3) is 1.78. The number of benzene rings is 1. The fourth-order valence-corrected chi connectivity index (χ4v) is 1.72. The van der Waals surface area contributed by atoms with Crippen molar-refractivity contribution in [3.8, 4) is 6.07 Å². The van der Waals surface area contributed by atoms with E-state index in [0.717, 1.165) is 11.1 Å². The second kappa shape index (κ2) is 4.11. The Morgan fingerprint density at radius 3 is 2.62 bits per heavy atom. The van der Waals surface area contributed by atoms with E-state index in [2.05, 4.69) is 4.99 Å². The van der Waals surface area contributed by atoms with Crippen LogP contribution in [0.5, 0.6) is 0 Å². The van der Waals surface area contributed by atoms with Crippen LogP contribution in [0.15, 0.2) is 41.4 Å². The minimum absolute atomic E-state index is 0.374. The van der Waals surface area contributed by atoms with Gasteiger partial charge in [-0.05, 0) is 24.1 Å². The van der Waals surface area contributed by atoms with Gasteiger partial charge >= 0.3 is 0 Å². The van der Waals surface area contributed by atoms with Crippen molar-refractivity contribution >= 4 is 17.2 Å². The van der Waals surface area contributed by atoms with E-state index in [-0.39, 0.29) is 5.91 Å². The van der Waals surface area contributed by atoms with Crippen LogP contribution in [-0.4, -0.2) is 11.6 Å². The van der Waals surface area contributed by atoms with Gasteiger partial charge in [0, 0.05) is 5.71 Å².